The van der Waals surface area contributed by atoms with Gasteiger partial charge in [-0.05, 0) is 31.1 Å². The highest BCUT2D eigenvalue weighted by atomic mass is 35.5. The van der Waals surface area contributed by atoms with Crippen molar-refractivity contribution in [2.24, 2.45) is 11.8 Å². The van der Waals surface area contributed by atoms with Crippen LogP contribution in [0.15, 0.2) is 0 Å². The maximum atomic E-state index is 8.75. The van der Waals surface area contributed by atoms with E-state index in [2.05, 4.69) is 10.3 Å². The average Bonchev–Trinajstić information content (AvgIpc) is 2.68. The summed E-state index contributed by atoms with van der Waals surface area (Å²) in [6, 6.07) is 2.59. The molecular formula is C10H10ClN3S. The van der Waals surface area contributed by atoms with E-state index in [4.69, 9.17) is 16.9 Å². The highest BCUT2D eigenvalue weighted by Gasteiger charge is 2.45. The van der Waals surface area contributed by atoms with E-state index in [-0.39, 0.29) is 0 Å². The number of hydrogen-bond acceptors (Lipinski definition) is 4. The summed E-state index contributed by atoms with van der Waals surface area (Å²) in [7, 11) is 0. The molecule has 0 aromatic carbocycles. The molecule has 2 aliphatic carbocycles. The van der Waals surface area contributed by atoms with E-state index in [1.165, 1.54) is 30.6 Å². The number of nitrogens with one attached hydrogen (secondary N) is 1. The molecule has 0 spiro atoms. The molecule has 3 rings (SSSR count). The summed E-state index contributed by atoms with van der Waals surface area (Å²) in [6.07, 6.45) is 3.92. The molecule has 15 heavy (non-hydrogen) atoms. The predicted octanol–water partition coefficient (Wildman–Crippen LogP) is 2.88. The SMILES string of the molecule is N#Cc1sc(NC2CC3CC3C2)nc1Cl. The molecule has 2 aliphatic rings. The molecule has 1 aromatic heterocycles. The normalized spacial score (nSPS) is 32.1. The van der Waals surface area contributed by atoms with Crippen molar-refractivity contribution in [2.45, 2.75) is 25.3 Å². The third-order valence-corrected chi connectivity index (χ3v) is 4.54. The lowest BCUT2D eigenvalue weighted by Gasteiger charge is -2.12. The van der Waals surface area contributed by atoms with Crippen molar-refractivity contribution >= 4 is 28.1 Å². The number of rotatable bonds is 2. The summed E-state index contributed by atoms with van der Waals surface area (Å²) in [5.41, 5.74) is 0. The van der Waals surface area contributed by atoms with Gasteiger partial charge in [0.25, 0.3) is 0 Å². The van der Waals surface area contributed by atoms with Crippen LogP contribution >= 0.6 is 22.9 Å². The van der Waals surface area contributed by atoms with Crippen molar-refractivity contribution in [3.05, 3.63) is 10.0 Å². The Kier molecular flexibility index (Phi) is 2.11. The van der Waals surface area contributed by atoms with E-state index in [9.17, 15) is 0 Å². The number of aromatic nitrogens is 1. The second kappa shape index (κ2) is 3.36. The van der Waals surface area contributed by atoms with Crippen molar-refractivity contribution in [3.63, 3.8) is 0 Å². The fourth-order valence-electron chi connectivity index (χ4n) is 2.44. The second-order valence-corrected chi connectivity index (χ2v) is 5.68. The number of halogens is 1. The lowest BCUT2D eigenvalue weighted by atomic mass is 10.2. The minimum atomic E-state index is 0.327. The van der Waals surface area contributed by atoms with Gasteiger partial charge in [0.05, 0.1) is 0 Å². The van der Waals surface area contributed by atoms with Crippen LogP contribution < -0.4 is 5.32 Å². The molecule has 78 valence electrons. The van der Waals surface area contributed by atoms with E-state index in [0.29, 0.717) is 16.1 Å². The molecule has 2 unspecified atom stereocenters. The average molecular weight is 240 g/mol. The van der Waals surface area contributed by atoms with Crippen LogP contribution in [-0.2, 0) is 0 Å². The molecule has 0 radical (unpaired) electrons. The Bertz CT molecular complexity index is 426. The van der Waals surface area contributed by atoms with Gasteiger partial charge in [0, 0.05) is 6.04 Å². The van der Waals surface area contributed by atoms with Crippen LogP contribution in [0.3, 0.4) is 0 Å². The van der Waals surface area contributed by atoms with E-state index in [1.54, 1.807) is 0 Å². The summed E-state index contributed by atoms with van der Waals surface area (Å²) >= 11 is 7.15. The maximum absolute atomic E-state index is 8.75. The Morgan fingerprint density at radius 1 is 1.40 bits per heavy atom. The molecule has 0 saturated heterocycles. The van der Waals surface area contributed by atoms with Gasteiger partial charge in [-0.2, -0.15) is 5.26 Å². The number of thiazole rings is 1. The van der Waals surface area contributed by atoms with Crippen molar-refractivity contribution in [2.75, 3.05) is 5.32 Å². The molecule has 1 aromatic rings. The molecule has 1 N–H and O–H groups in total. The van der Waals surface area contributed by atoms with Gasteiger partial charge in [0.1, 0.15) is 10.9 Å². The quantitative estimate of drug-likeness (QED) is 0.863. The Morgan fingerprint density at radius 2 is 2.13 bits per heavy atom. The minimum Gasteiger partial charge on any atom is -0.359 e. The van der Waals surface area contributed by atoms with Crippen LogP contribution in [0.2, 0.25) is 5.15 Å². The zero-order valence-electron chi connectivity index (χ0n) is 8.03. The van der Waals surface area contributed by atoms with Crippen LogP contribution in [0.25, 0.3) is 0 Å². The molecule has 0 amide bonds. The monoisotopic (exact) mass is 239 g/mol. The summed E-state index contributed by atoms with van der Waals surface area (Å²) in [5.74, 6) is 1.90. The van der Waals surface area contributed by atoms with Crippen LogP contribution in [0.4, 0.5) is 5.13 Å². The first-order chi connectivity index (χ1) is 7.26. The summed E-state index contributed by atoms with van der Waals surface area (Å²) in [5, 5.41) is 13.2. The molecular weight excluding hydrogens is 230 g/mol. The molecule has 2 fully saturated rings. The van der Waals surface area contributed by atoms with E-state index >= 15 is 0 Å². The molecule has 2 atom stereocenters. The van der Waals surface area contributed by atoms with Crippen LogP contribution in [0.1, 0.15) is 24.1 Å². The van der Waals surface area contributed by atoms with Crippen molar-refractivity contribution in [1.82, 2.24) is 4.98 Å². The van der Waals surface area contributed by atoms with Gasteiger partial charge >= 0.3 is 0 Å². The number of anilines is 1. The van der Waals surface area contributed by atoms with Gasteiger partial charge in [-0.1, -0.05) is 22.9 Å². The molecule has 0 bridgehead atoms. The second-order valence-electron chi connectivity index (χ2n) is 4.32. The van der Waals surface area contributed by atoms with Crippen LogP contribution in [0.5, 0.6) is 0 Å². The largest absolute Gasteiger partial charge is 0.359 e. The van der Waals surface area contributed by atoms with E-state index in [0.717, 1.165) is 17.0 Å². The first-order valence-corrected chi connectivity index (χ1v) is 6.28. The van der Waals surface area contributed by atoms with Crippen molar-refractivity contribution in [3.8, 4) is 6.07 Å². The predicted molar refractivity (Wildman–Crippen MR) is 60.1 cm³/mol. The minimum absolute atomic E-state index is 0.327. The van der Waals surface area contributed by atoms with Gasteiger partial charge in [-0.25, -0.2) is 4.98 Å². The van der Waals surface area contributed by atoms with Crippen LogP contribution in [0, 0.1) is 23.2 Å². The highest BCUT2D eigenvalue weighted by Crippen LogP contribution is 2.52. The number of fused-ring (bicyclic) bond motifs is 1. The van der Waals surface area contributed by atoms with Gasteiger partial charge in [-0.3, -0.25) is 0 Å². The number of nitriles is 1. The number of nitrogens with zero attached hydrogens (tertiary/aromatic N) is 2. The summed E-state index contributed by atoms with van der Waals surface area (Å²) < 4.78 is 0. The van der Waals surface area contributed by atoms with Gasteiger partial charge in [0.2, 0.25) is 0 Å². The fraction of sp³-hybridized carbons (Fsp3) is 0.600. The van der Waals surface area contributed by atoms with Crippen molar-refractivity contribution in [1.29, 1.82) is 5.26 Å². The third kappa shape index (κ3) is 1.70. The Hall–Kier alpha value is -0.790. The van der Waals surface area contributed by atoms with Gasteiger partial charge < -0.3 is 5.32 Å². The van der Waals surface area contributed by atoms with E-state index in [1.807, 2.05) is 6.07 Å². The summed E-state index contributed by atoms with van der Waals surface area (Å²) in [4.78, 5) is 4.64. The molecule has 0 aliphatic heterocycles. The Morgan fingerprint density at radius 3 is 2.73 bits per heavy atom. The van der Waals surface area contributed by atoms with Crippen LogP contribution in [-0.4, -0.2) is 11.0 Å². The smallest absolute Gasteiger partial charge is 0.185 e. The Balaban J connectivity index is 1.69. The first-order valence-electron chi connectivity index (χ1n) is 5.09. The fourth-order valence-corrected chi connectivity index (χ4v) is 3.46. The topological polar surface area (TPSA) is 48.7 Å². The van der Waals surface area contributed by atoms with Gasteiger partial charge in [0.15, 0.2) is 10.3 Å². The molecule has 3 nitrogen and oxygen atoms in total. The lowest BCUT2D eigenvalue weighted by Crippen LogP contribution is -2.16. The lowest BCUT2D eigenvalue weighted by molar-refractivity contribution is 0.651. The third-order valence-electron chi connectivity index (χ3n) is 3.26. The highest BCUT2D eigenvalue weighted by molar-refractivity contribution is 7.16. The molecule has 1 heterocycles. The molecule has 2 saturated carbocycles. The Labute approximate surface area is 97.1 Å². The first kappa shape index (κ1) is 9.44. The zero-order valence-corrected chi connectivity index (χ0v) is 9.61. The van der Waals surface area contributed by atoms with Gasteiger partial charge in [-0.15, -0.1) is 0 Å². The van der Waals surface area contributed by atoms with E-state index < -0.39 is 0 Å². The number of hydrogen-bond donors (Lipinski definition) is 1. The zero-order chi connectivity index (χ0) is 10.4. The van der Waals surface area contributed by atoms with Crippen molar-refractivity contribution < 1.29 is 0 Å². The molecule has 5 heteroatoms. The standard InChI is InChI=1S/C10H10ClN3S/c11-9-8(4-12)15-10(14-9)13-7-2-5-1-6(5)3-7/h5-7H,1-3H2,(H,13,14). The maximum Gasteiger partial charge on any atom is 0.185 e. The summed E-state index contributed by atoms with van der Waals surface area (Å²) in [6.45, 7) is 0.